The van der Waals surface area contributed by atoms with E-state index in [9.17, 15) is 0 Å². The predicted octanol–water partition coefficient (Wildman–Crippen LogP) is 5.25. The molecule has 0 aromatic rings. The standard InChI is InChI=1S/C17H35N/c1-5-7-8-9-13-17(4,12-6-2)18-14-10-11-16(3)15-18/h16H,5-15H2,1-4H3/t16-,17?/m1/s1. The molecule has 0 radical (unpaired) electrons. The van der Waals surface area contributed by atoms with Crippen LogP contribution in [0.3, 0.4) is 0 Å². The van der Waals surface area contributed by atoms with Crippen LogP contribution in [0.2, 0.25) is 0 Å². The van der Waals surface area contributed by atoms with Crippen molar-refractivity contribution in [3.63, 3.8) is 0 Å². The summed E-state index contributed by atoms with van der Waals surface area (Å²) in [6.07, 6.45) is 12.6. The highest BCUT2D eigenvalue weighted by molar-refractivity contribution is 4.88. The molecule has 1 saturated heterocycles. The summed E-state index contributed by atoms with van der Waals surface area (Å²) < 4.78 is 0. The molecule has 0 aromatic heterocycles. The summed E-state index contributed by atoms with van der Waals surface area (Å²) in [5, 5.41) is 0. The molecule has 1 nitrogen and oxygen atoms in total. The van der Waals surface area contributed by atoms with E-state index in [0.29, 0.717) is 5.54 Å². The van der Waals surface area contributed by atoms with Gasteiger partial charge in [-0.25, -0.2) is 0 Å². The van der Waals surface area contributed by atoms with Crippen LogP contribution in [0, 0.1) is 5.92 Å². The van der Waals surface area contributed by atoms with E-state index in [4.69, 9.17) is 0 Å². The molecule has 1 fully saturated rings. The smallest absolute Gasteiger partial charge is 0.0181 e. The van der Waals surface area contributed by atoms with Gasteiger partial charge < -0.3 is 0 Å². The summed E-state index contributed by atoms with van der Waals surface area (Å²) in [5.74, 6) is 0.908. The Bertz CT molecular complexity index is 214. The van der Waals surface area contributed by atoms with E-state index in [-0.39, 0.29) is 0 Å². The molecule has 0 bridgehead atoms. The maximum Gasteiger partial charge on any atom is 0.0181 e. The minimum absolute atomic E-state index is 0.483. The van der Waals surface area contributed by atoms with Crippen LogP contribution in [0.4, 0.5) is 0 Å². The van der Waals surface area contributed by atoms with Crippen molar-refractivity contribution >= 4 is 0 Å². The van der Waals surface area contributed by atoms with Crippen LogP contribution in [-0.4, -0.2) is 23.5 Å². The van der Waals surface area contributed by atoms with Crippen LogP contribution in [-0.2, 0) is 0 Å². The Morgan fingerprint density at radius 1 is 1.06 bits per heavy atom. The van der Waals surface area contributed by atoms with Gasteiger partial charge in [0.25, 0.3) is 0 Å². The number of piperidine rings is 1. The molecule has 1 heteroatoms. The number of likely N-dealkylation sites (tertiary alicyclic amines) is 1. The molecule has 0 spiro atoms. The molecule has 1 aliphatic heterocycles. The molecule has 0 amide bonds. The Kier molecular flexibility index (Phi) is 7.29. The minimum atomic E-state index is 0.483. The van der Waals surface area contributed by atoms with Gasteiger partial charge in [0.1, 0.15) is 0 Å². The Hall–Kier alpha value is -0.0400. The molecule has 0 aromatic carbocycles. The van der Waals surface area contributed by atoms with Crippen molar-refractivity contribution in [3.8, 4) is 0 Å². The normalized spacial score (nSPS) is 25.0. The van der Waals surface area contributed by atoms with Crippen LogP contribution in [0.5, 0.6) is 0 Å². The third-order valence-corrected chi connectivity index (χ3v) is 4.78. The van der Waals surface area contributed by atoms with E-state index in [0.717, 1.165) is 5.92 Å². The summed E-state index contributed by atoms with van der Waals surface area (Å²) >= 11 is 0. The van der Waals surface area contributed by atoms with Crippen molar-refractivity contribution in [2.75, 3.05) is 13.1 Å². The number of rotatable bonds is 8. The van der Waals surface area contributed by atoms with Crippen LogP contribution in [0.15, 0.2) is 0 Å². The lowest BCUT2D eigenvalue weighted by atomic mass is 9.84. The monoisotopic (exact) mass is 253 g/mol. The van der Waals surface area contributed by atoms with Gasteiger partial charge in [0, 0.05) is 12.1 Å². The largest absolute Gasteiger partial charge is 0.298 e. The third kappa shape index (κ3) is 4.91. The molecule has 18 heavy (non-hydrogen) atoms. The molecule has 1 unspecified atom stereocenters. The van der Waals surface area contributed by atoms with Gasteiger partial charge in [0.15, 0.2) is 0 Å². The Balaban J connectivity index is 2.48. The summed E-state index contributed by atoms with van der Waals surface area (Å²) in [4.78, 5) is 2.82. The van der Waals surface area contributed by atoms with Crippen molar-refractivity contribution in [3.05, 3.63) is 0 Å². The number of nitrogens with zero attached hydrogens (tertiary/aromatic N) is 1. The molecule has 0 saturated carbocycles. The van der Waals surface area contributed by atoms with E-state index < -0.39 is 0 Å². The topological polar surface area (TPSA) is 3.24 Å². The van der Waals surface area contributed by atoms with Crippen molar-refractivity contribution in [2.24, 2.45) is 5.92 Å². The highest BCUT2D eigenvalue weighted by Gasteiger charge is 2.32. The fourth-order valence-corrected chi connectivity index (χ4v) is 3.59. The molecule has 1 heterocycles. The van der Waals surface area contributed by atoms with Gasteiger partial charge in [-0.05, 0) is 45.1 Å². The number of hydrogen-bond donors (Lipinski definition) is 0. The van der Waals surface area contributed by atoms with Crippen molar-refractivity contribution in [1.82, 2.24) is 4.90 Å². The second-order valence-electron chi connectivity index (χ2n) is 6.75. The number of hydrogen-bond acceptors (Lipinski definition) is 1. The first-order valence-corrected chi connectivity index (χ1v) is 8.37. The molecular formula is C17H35N. The van der Waals surface area contributed by atoms with Crippen LogP contribution in [0.1, 0.15) is 85.5 Å². The lowest BCUT2D eigenvalue weighted by Crippen LogP contribution is -2.50. The zero-order valence-corrected chi connectivity index (χ0v) is 13.3. The summed E-state index contributed by atoms with van der Waals surface area (Å²) in [5.41, 5.74) is 0.483. The average Bonchev–Trinajstić information content (AvgIpc) is 2.35. The van der Waals surface area contributed by atoms with Gasteiger partial charge in [0.05, 0.1) is 0 Å². The van der Waals surface area contributed by atoms with E-state index >= 15 is 0 Å². The predicted molar refractivity (Wildman–Crippen MR) is 82.0 cm³/mol. The average molecular weight is 253 g/mol. The molecular weight excluding hydrogens is 218 g/mol. The van der Waals surface area contributed by atoms with Gasteiger partial charge in [-0.3, -0.25) is 4.90 Å². The molecule has 0 aliphatic carbocycles. The molecule has 1 rings (SSSR count). The SMILES string of the molecule is CCCCCCC(C)(CCC)N1CCC[C@@H](C)C1. The van der Waals surface area contributed by atoms with E-state index in [1.54, 1.807) is 0 Å². The first-order chi connectivity index (χ1) is 8.62. The van der Waals surface area contributed by atoms with Gasteiger partial charge >= 0.3 is 0 Å². The summed E-state index contributed by atoms with van der Waals surface area (Å²) in [6, 6.07) is 0. The molecule has 108 valence electrons. The molecule has 0 N–H and O–H groups in total. The number of unbranched alkanes of at least 4 members (excludes halogenated alkanes) is 3. The maximum atomic E-state index is 2.82. The van der Waals surface area contributed by atoms with E-state index in [1.165, 1.54) is 70.9 Å². The first-order valence-electron chi connectivity index (χ1n) is 8.37. The first kappa shape index (κ1) is 16.0. The zero-order chi connectivity index (χ0) is 13.4. The fourth-order valence-electron chi connectivity index (χ4n) is 3.59. The second kappa shape index (κ2) is 8.19. The Labute approximate surface area is 115 Å². The van der Waals surface area contributed by atoms with Crippen molar-refractivity contribution in [1.29, 1.82) is 0 Å². The Morgan fingerprint density at radius 2 is 1.83 bits per heavy atom. The van der Waals surface area contributed by atoms with Gasteiger partial charge in [-0.1, -0.05) is 52.9 Å². The van der Waals surface area contributed by atoms with Gasteiger partial charge in [0.2, 0.25) is 0 Å². The maximum absolute atomic E-state index is 2.82. The molecule has 2 atom stereocenters. The van der Waals surface area contributed by atoms with E-state index in [2.05, 4.69) is 32.6 Å². The molecule has 1 aliphatic rings. The van der Waals surface area contributed by atoms with E-state index in [1.807, 2.05) is 0 Å². The fraction of sp³-hybridized carbons (Fsp3) is 1.00. The highest BCUT2D eigenvalue weighted by Crippen LogP contribution is 2.32. The zero-order valence-electron chi connectivity index (χ0n) is 13.3. The van der Waals surface area contributed by atoms with Crippen LogP contribution < -0.4 is 0 Å². The van der Waals surface area contributed by atoms with Crippen molar-refractivity contribution < 1.29 is 0 Å². The Morgan fingerprint density at radius 3 is 2.44 bits per heavy atom. The van der Waals surface area contributed by atoms with Gasteiger partial charge in [-0.15, -0.1) is 0 Å². The van der Waals surface area contributed by atoms with Crippen LogP contribution >= 0.6 is 0 Å². The minimum Gasteiger partial charge on any atom is -0.298 e. The third-order valence-electron chi connectivity index (χ3n) is 4.78. The summed E-state index contributed by atoms with van der Waals surface area (Å²) in [6.45, 7) is 12.3. The van der Waals surface area contributed by atoms with Gasteiger partial charge in [-0.2, -0.15) is 0 Å². The second-order valence-corrected chi connectivity index (χ2v) is 6.75. The lowest BCUT2D eigenvalue weighted by Gasteiger charge is -2.45. The van der Waals surface area contributed by atoms with Crippen molar-refractivity contribution in [2.45, 2.75) is 91.0 Å². The summed E-state index contributed by atoms with van der Waals surface area (Å²) in [7, 11) is 0. The lowest BCUT2D eigenvalue weighted by molar-refractivity contribution is 0.0428. The highest BCUT2D eigenvalue weighted by atomic mass is 15.2. The van der Waals surface area contributed by atoms with Crippen LogP contribution in [0.25, 0.3) is 0 Å². The quantitative estimate of drug-likeness (QED) is 0.534.